The van der Waals surface area contributed by atoms with Gasteiger partial charge in [0.05, 0.1) is 0 Å². The Balaban J connectivity index is 2.47. The minimum Gasteiger partial charge on any atom is -0.328 e. The van der Waals surface area contributed by atoms with Crippen molar-refractivity contribution in [3.05, 3.63) is 29.8 Å². The molecule has 0 aliphatic rings. The SMILES string of the molecule is CCCCCN(C)C(=O)Nc1cccc(CC)c1. The molecule has 1 aromatic rings. The molecule has 3 nitrogen and oxygen atoms in total. The number of anilines is 1. The summed E-state index contributed by atoms with van der Waals surface area (Å²) in [4.78, 5) is 13.7. The lowest BCUT2D eigenvalue weighted by molar-refractivity contribution is 0.221. The Hall–Kier alpha value is -1.51. The molecule has 0 aromatic heterocycles. The van der Waals surface area contributed by atoms with Gasteiger partial charge in [0, 0.05) is 19.3 Å². The average Bonchev–Trinajstić information content (AvgIpc) is 2.39. The Kier molecular flexibility index (Phi) is 6.26. The molecule has 0 aliphatic heterocycles. The van der Waals surface area contributed by atoms with E-state index in [0.29, 0.717) is 0 Å². The van der Waals surface area contributed by atoms with Crippen molar-refractivity contribution in [1.29, 1.82) is 0 Å². The van der Waals surface area contributed by atoms with Crippen LogP contribution >= 0.6 is 0 Å². The maximum Gasteiger partial charge on any atom is 0.321 e. The number of rotatable bonds is 6. The van der Waals surface area contributed by atoms with Crippen LogP contribution in [0, 0.1) is 0 Å². The van der Waals surface area contributed by atoms with Crippen LogP contribution in [-0.2, 0) is 6.42 Å². The molecule has 0 aliphatic carbocycles. The van der Waals surface area contributed by atoms with Gasteiger partial charge in [-0.25, -0.2) is 4.79 Å². The van der Waals surface area contributed by atoms with E-state index in [9.17, 15) is 4.79 Å². The molecule has 0 atom stereocenters. The van der Waals surface area contributed by atoms with Crippen LogP contribution in [0.1, 0.15) is 38.7 Å². The predicted molar refractivity (Wildman–Crippen MR) is 77.0 cm³/mol. The molecule has 100 valence electrons. The molecule has 0 saturated carbocycles. The summed E-state index contributed by atoms with van der Waals surface area (Å²) in [5, 5.41) is 2.93. The zero-order valence-electron chi connectivity index (χ0n) is 11.7. The van der Waals surface area contributed by atoms with Gasteiger partial charge in [-0.1, -0.05) is 38.8 Å². The second kappa shape index (κ2) is 7.75. The average molecular weight is 248 g/mol. The Morgan fingerprint density at radius 2 is 2.06 bits per heavy atom. The number of hydrogen-bond donors (Lipinski definition) is 1. The molecular weight excluding hydrogens is 224 g/mol. The highest BCUT2D eigenvalue weighted by atomic mass is 16.2. The van der Waals surface area contributed by atoms with Crippen LogP contribution in [0.15, 0.2) is 24.3 Å². The monoisotopic (exact) mass is 248 g/mol. The second-order valence-corrected chi connectivity index (χ2v) is 4.61. The van der Waals surface area contributed by atoms with E-state index < -0.39 is 0 Å². The second-order valence-electron chi connectivity index (χ2n) is 4.61. The van der Waals surface area contributed by atoms with Crippen LogP contribution in [0.3, 0.4) is 0 Å². The summed E-state index contributed by atoms with van der Waals surface area (Å²) in [7, 11) is 1.84. The standard InChI is InChI=1S/C15H24N2O/c1-4-6-7-11-17(3)15(18)16-14-10-8-9-13(5-2)12-14/h8-10,12H,4-7,11H2,1-3H3,(H,16,18). The normalized spacial score (nSPS) is 10.2. The largest absolute Gasteiger partial charge is 0.328 e. The van der Waals surface area contributed by atoms with E-state index in [1.165, 1.54) is 18.4 Å². The van der Waals surface area contributed by atoms with Crippen LogP contribution < -0.4 is 5.32 Å². The summed E-state index contributed by atoms with van der Waals surface area (Å²) in [5.41, 5.74) is 2.11. The first kappa shape index (κ1) is 14.6. The van der Waals surface area contributed by atoms with Gasteiger partial charge in [-0.2, -0.15) is 0 Å². The van der Waals surface area contributed by atoms with Crippen LogP contribution in [0.25, 0.3) is 0 Å². The van der Waals surface area contributed by atoms with Gasteiger partial charge >= 0.3 is 6.03 Å². The molecule has 2 amide bonds. The van der Waals surface area contributed by atoms with Gasteiger partial charge in [-0.15, -0.1) is 0 Å². The van der Waals surface area contributed by atoms with E-state index >= 15 is 0 Å². The number of amides is 2. The quantitative estimate of drug-likeness (QED) is 0.761. The maximum atomic E-state index is 11.9. The summed E-state index contributed by atoms with van der Waals surface area (Å²) < 4.78 is 0. The molecule has 18 heavy (non-hydrogen) atoms. The number of carbonyl (C=O) groups is 1. The van der Waals surface area contributed by atoms with Gasteiger partial charge in [0.1, 0.15) is 0 Å². The Morgan fingerprint density at radius 1 is 1.28 bits per heavy atom. The lowest BCUT2D eigenvalue weighted by Crippen LogP contribution is -2.32. The number of aryl methyl sites for hydroxylation is 1. The lowest BCUT2D eigenvalue weighted by Gasteiger charge is -2.18. The Morgan fingerprint density at radius 3 is 2.72 bits per heavy atom. The third-order valence-corrected chi connectivity index (χ3v) is 3.03. The van der Waals surface area contributed by atoms with Crippen LogP contribution in [0.4, 0.5) is 10.5 Å². The van der Waals surface area contributed by atoms with Crippen molar-refractivity contribution in [1.82, 2.24) is 4.90 Å². The minimum atomic E-state index is -0.0284. The summed E-state index contributed by atoms with van der Waals surface area (Å²) in [5.74, 6) is 0. The summed E-state index contributed by atoms with van der Waals surface area (Å²) in [6.45, 7) is 5.08. The number of nitrogens with one attached hydrogen (secondary N) is 1. The predicted octanol–water partition coefficient (Wildman–Crippen LogP) is 3.90. The third-order valence-electron chi connectivity index (χ3n) is 3.03. The number of urea groups is 1. The topological polar surface area (TPSA) is 32.3 Å². The molecule has 3 heteroatoms. The van der Waals surface area contributed by atoms with E-state index in [2.05, 4.69) is 25.2 Å². The van der Waals surface area contributed by atoms with E-state index in [-0.39, 0.29) is 6.03 Å². The highest BCUT2D eigenvalue weighted by Crippen LogP contribution is 2.11. The fraction of sp³-hybridized carbons (Fsp3) is 0.533. The number of benzene rings is 1. The van der Waals surface area contributed by atoms with Gasteiger partial charge in [0.25, 0.3) is 0 Å². The first-order valence-corrected chi connectivity index (χ1v) is 6.78. The van der Waals surface area contributed by atoms with Crippen molar-refractivity contribution < 1.29 is 4.79 Å². The fourth-order valence-corrected chi connectivity index (χ4v) is 1.79. The van der Waals surface area contributed by atoms with Crippen molar-refractivity contribution in [2.24, 2.45) is 0 Å². The van der Waals surface area contributed by atoms with Crippen molar-refractivity contribution >= 4 is 11.7 Å². The van der Waals surface area contributed by atoms with Crippen LogP contribution in [-0.4, -0.2) is 24.5 Å². The van der Waals surface area contributed by atoms with Gasteiger partial charge in [0.2, 0.25) is 0 Å². The number of carbonyl (C=O) groups excluding carboxylic acids is 1. The number of unbranched alkanes of at least 4 members (excludes halogenated alkanes) is 2. The molecule has 0 radical (unpaired) electrons. The molecule has 0 heterocycles. The molecule has 0 bridgehead atoms. The maximum absolute atomic E-state index is 11.9. The number of nitrogens with zero attached hydrogens (tertiary/aromatic N) is 1. The first-order chi connectivity index (χ1) is 8.67. The Labute approximate surface area is 110 Å². The van der Waals surface area contributed by atoms with Gasteiger partial charge in [0.15, 0.2) is 0 Å². The molecule has 0 saturated heterocycles. The molecule has 1 aromatic carbocycles. The van der Waals surface area contributed by atoms with Crippen molar-refractivity contribution in [3.8, 4) is 0 Å². The van der Waals surface area contributed by atoms with E-state index in [4.69, 9.17) is 0 Å². The Bertz CT molecular complexity index is 377. The zero-order chi connectivity index (χ0) is 13.4. The van der Waals surface area contributed by atoms with Crippen molar-refractivity contribution in [3.63, 3.8) is 0 Å². The van der Waals surface area contributed by atoms with E-state index in [1.807, 2.05) is 25.2 Å². The molecule has 0 unspecified atom stereocenters. The zero-order valence-corrected chi connectivity index (χ0v) is 11.7. The number of hydrogen-bond acceptors (Lipinski definition) is 1. The molecular formula is C15H24N2O. The smallest absolute Gasteiger partial charge is 0.321 e. The third kappa shape index (κ3) is 4.78. The molecule has 0 spiro atoms. The highest BCUT2D eigenvalue weighted by molar-refractivity contribution is 5.89. The highest BCUT2D eigenvalue weighted by Gasteiger charge is 2.07. The molecule has 1 rings (SSSR count). The van der Waals surface area contributed by atoms with Gasteiger partial charge < -0.3 is 10.2 Å². The fourth-order valence-electron chi connectivity index (χ4n) is 1.79. The summed E-state index contributed by atoms with van der Waals surface area (Å²) in [6.07, 6.45) is 4.39. The lowest BCUT2D eigenvalue weighted by atomic mass is 10.1. The molecule has 0 fully saturated rings. The van der Waals surface area contributed by atoms with Crippen LogP contribution in [0.2, 0.25) is 0 Å². The van der Waals surface area contributed by atoms with E-state index in [1.54, 1.807) is 4.90 Å². The molecule has 1 N–H and O–H groups in total. The van der Waals surface area contributed by atoms with Crippen LogP contribution in [0.5, 0.6) is 0 Å². The van der Waals surface area contributed by atoms with E-state index in [0.717, 1.165) is 25.1 Å². The van der Waals surface area contributed by atoms with Gasteiger partial charge in [-0.05, 0) is 30.5 Å². The summed E-state index contributed by atoms with van der Waals surface area (Å²) in [6, 6.07) is 7.97. The van der Waals surface area contributed by atoms with Crippen molar-refractivity contribution in [2.75, 3.05) is 18.9 Å². The van der Waals surface area contributed by atoms with Gasteiger partial charge in [-0.3, -0.25) is 0 Å². The summed E-state index contributed by atoms with van der Waals surface area (Å²) >= 11 is 0. The first-order valence-electron chi connectivity index (χ1n) is 6.78. The minimum absolute atomic E-state index is 0.0284. The van der Waals surface area contributed by atoms with Crippen molar-refractivity contribution in [2.45, 2.75) is 39.5 Å².